The van der Waals surface area contributed by atoms with Crippen LogP contribution in [0.4, 0.5) is 0 Å². The minimum absolute atomic E-state index is 0.0505. The standard InChI is InChI=1S/C27H37BrN2O3/c1-7-20(6)29-27(32)24(8-2)30(16-21-11-9-19(5)10-12-21)26(31)17-33-25-14-13-22(18(3)4)15-23(25)28/h9-15,18,20,24H,7-8,16-17H2,1-6H3,(H,29,32)/t20-,24+/m0/s1. The van der Waals surface area contributed by atoms with Crippen LogP contribution in [0.5, 0.6) is 5.75 Å². The van der Waals surface area contributed by atoms with Crippen LogP contribution in [0.1, 0.15) is 70.1 Å². The summed E-state index contributed by atoms with van der Waals surface area (Å²) in [6.07, 6.45) is 1.35. The molecule has 0 bridgehead atoms. The van der Waals surface area contributed by atoms with E-state index in [1.165, 1.54) is 5.56 Å². The largest absolute Gasteiger partial charge is 0.483 e. The average Bonchev–Trinajstić information content (AvgIpc) is 2.78. The molecule has 0 heterocycles. The quantitative estimate of drug-likeness (QED) is 0.399. The van der Waals surface area contributed by atoms with E-state index < -0.39 is 6.04 Å². The van der Waals surface area contributed by atoms with Gasteiger partial charge in [0.1, 0.15) is 11.8 Å². The summed E-state index contributed by atoms with van der Waals surface area (Å²) in [6, 6.07) is 13.4. The molecule has 2 aromatic rings. The van der Waals surface area contributed by atoms with Crippen molar-refractivity contribution in [3.05, 3.63) is 63.6 Å². The Kier molecular flexibility index (Phi) is 10.4. The number of halogens is 1. The van der Waals surface area contributed by atoms with Crippen LogP contribution in [0, 0.1) is 6.92 Å². The summed E-state index contributed by atoms with van der Waals surface area (Å²) in [6.45, 7) is 12.4. The van der Waals surface area contributed by atoms with E-state index in [1.807, 2.05) is 70.2 Å². The molecule has 33 heavy (non-hydrogen) atoms. The molecule has 0 spiro atoms. The van der Waals surface area contributed by atoms with Gasteiger partial charge < -0.3 is 15.0 Å². The molecule has 0 fully saturated rings. The highest BCUT2D eigenvalue weighted by Crippen LogP contribution is 2.29. The zero-order valence-corrected chi connectivity index (χ0v) is 22.2. The molecule has 180 valence electrons. The second-order valence-corrected chi connectivity index (χ2v) is 9.74. The molecule has 0 aromatic heterocycles. The van der Waals surface area contributed by atoms with Crippen molar-refractivity contribution in [3.8, 4) is 5.75 Å². The third-order valence-electron chi connectivity index (χ3n) is 5.83. The zero-order chi connectivity index (χ0) is 24.5. The van der Waals surface area contributed by atoms with E-state index in [0.29, 0.717) is 24.6 Å². The van der Waals surface area contributed by atoms with Gasteiger partial charge in [0.15, 0.2) is 6.61 Å². The maximum atomic E-state index is 13.3. The summed E-state index contributed by atoms with van der Waals surface area (Å²) in [5.74, 6) is 0.660. The fourth-order valence-corrected chi connectivity index (χ4v) is 3.98. The van der Waals surface area contributed by atoms with E-state index in [2.05, 4.69) is 35.1 Å². The maximum Gasteiger partial charge on any atom is 0.261 e. The van der Waals surface area contributed by atoms with Crippen molar-refractivity contribution in [3.63, 3.8) is 0 Å². The van der Waals surface area contributed by atoms with Crippen LogP contribution in [0.2, 0.25) is 0 Å². The Labute approximate surface area is 207 Å². The zero-order valence-electron chi connectivity index (χ0n) is 20.7. The van der Waals surface area contributed by atoms with Crippen LogP contribution in [0.25, 0.3) is 0 Å². The summed E-state index contributed by atoms with van der Waals surface area (Å²) in [4.78, 5) is 28.0. The Balaban J connectivity index is 2.22. The van der Waals surface area contributed by atoms with Gasteiger partial charge in [0.25, 0.3) is 5.91 Å². The number of amides is 2. The molecule has 0 saturated heterocycles. The highest BCUT2D eigenvalue weighted by atomic mass is 79.9. The van der Waals surface area contributed by atoms with E-state index in [4.69, 9.17) is 4.74 Å². The van der Waals surface area contributed by atoms with Gasteiger partial charge in [-0.15, -0.1) is 0 Å². The van der Waals surface area contributed by atoms with E-state index in [0.717, 1.165) is 22.0 Å². The summed E-state index contributed by atoms with van der Waals surface area (Å²) >= 11 is 3.55. The lowest BCUT2D eigenvalue weighted by atomic mass is 10.0. The van der Waals surface area contributed by atoms with Crippen LogP contribution < -0.4 is 10.1 Å². The number of hydrogen-bond acceptors (Lipinski definition) is 3. The summed E-state index contributed by atoms with van der Waals surface area (Å²) in [7, 11) is 0. The van der Waals surface area contributed by atoms with Crippen molar-refractivity contribution < 1.29 is 14.3 Å². The van der Waals surface area contributed by atoms with Gasteiger partial charge >= 0.3 is 0 Å². The molecule has 0 aliphatic heterocycles. The van der Waals surface area contributed by atoms with Gasteiger partial charge in [-0.3, -0.25) is 9.59 Å². The van der Waals surface area contributed by atoms with Crippen LogP contribution in [0.3, 0.4) is 0 Å². The third-order valence-corrected chi connectivity index (χ3v) is 6.45. The lowest BCUT2D eigenvalue weighted by molar-refractivity contribution is -0.143. The van der Waals surface area contributed by atoms with Gasteiger partial charge in [0, 0.05) is 12.6 Å². The summed E-state index contributed by atoms with van der Waals surface area (Å²) < 4.78 is 6.69. The summed E-state index contributed by atoms with van der Waals surface area (Å²) in [5, 5.41) is 3.03. The summed E-state index contributed by atoms with van der Waals surface area (Å²) in [5.41, 5.74) is 3.32. The molecule has 2 atom stereocenters. The smallest absolute Gasteiger partial charge is 0.261 e. The highest BCUT2D eigenvalue weighted by molar-refractivity contribution is 9.10. The predicted octanol–water partition coefficient (Wildman–Crippen LogP) is 5.98. The van der Waals surface area contributed by atoms with Crippen LogP contribution in [0.15, 0.2) is 46.9 Å². The number of nitrogens with zero attached hydrogens (tertiary/aromatic N) is 1. The van der Waals surface area contributed by atoms with Crippen molar-refractivity contribution in [2.24, 2.45) is 0 Å². The predicted molar refractivity (Wildman–Crippen MR) is 137 cm³/mol. The second-order valence-electron chi connectivity index (χ2n) is 8.88. The van der Waals surface area contributed by atoms with Gasteiger partial charge in [-0.2, -0.15) is 0 Å². The molecule has 2 amide bonds. The Morgan fingerprint density at radius 3 is 2.24 bits per heavy atom. The van der Waals surface area contributed by atoms with Crippen molar-refractivity contribution in [2.75, 3.05) is 6.61 Å². The van der Waals surface area contributed by atoms with Gasteiger partial charge in [0.05, 0.1) is 4.47 Å². The number of carbonyl (C=O) groups excluding carboxylic acids is 2. The maximum absolute atomic E-state index is 13.3. The van der Waals surface area contributed by atoms with E-state index in [1.54, 1.807) is 4.90 Å². The number of benzene rings is 2. The second kappa shape index (κ2) is 12.8. The van der Waals surface area contributed by atoms with Crippen molar-refractivity contribution in [2.45, 2.75) is 78.9 Å². The fraction of sp³-hybridized carbons (Fsp3) is 0.481. The molecule has 1 N–H and O–H groups in total. The Morgan fingerprint density at radius 2 is 1.70 bits per heavy atom. The number of nitrogens with one attached hydrogen (secondary N) is 1. The first-order chi connectivity index (χ1) is 15.7. The van der Waals surface area contributed by atoms with Gasteiger partial charge in [-0.05, 0) is 71.8 Å². The van der Waals surface area contributed by atoms with Crippen LogP contribution in [-0.4, -0.2) is 35.4 Å². The number of ether oxygens (including phenoxy) is 1. The number of hydrogen-bond donors (Lipinski definition) is 1. The van der Waals surface area contributed by atoms with Crippen LogP contribution in [-0.2, 0) is 16.1 Å². The average molecular weight is 518 g/mol. The molecule has 0 aliphatic carbocycles. The Hall–Kier alpha value is -2.34. The number of carbonyl (C=O) groups is 2. The Bertz CT molecular complexity index is 927. The first kappa shape index (κ1) is 26.9. The third kappa shape index (κ3) is 7.88. The lowest BCUT2D eigenvalue weighted by Gasteiger charge is -2.31. The van der Waals surface area contributed by atoms with Gasteiger partial charge in [-0.1, -0.05) is 63.6 Å². The number of aryl methyl sites for hydroxylation is 1. The minimum Gasteiger partial charge on any atom is -0.483 e. The normalized spacial score (nSPS) is 12.8. The molecule has 2 aromatic carbocycles. The fourth-order valence-electron chi connectivity index (χ4n) is 3.47. The molecule has 0 unspecified atom stereocenters. The van der Waals surface area contributed by atoms with E-state index >= 15 is 0 Å². The van der Waals surface area contributed by atoms with E-state index in [9.17, 15) is 9.59 Å². The molecule has 0 radical (unpaired) electrons. The SMILES string of the molecule is CC[C@H](C(=O)N[C@@H](C)CC)N(Cc1ccc(C)cc1)C(=O)COc1ccc(C(C)C)cc1Br. The molecule has 0 aliphatic rings. The van der Waals surface area contributed by atoms with Gasteiger partial charge in [-0.25, -0.2) is 0 Å². The topological polar surface area (TPSA) is 58.6 Å². The highest BCUT2D eigenvalue weighted by Gasteiger charge is 2.29. The molecule has 5 nitrogen and oxygen atoms in total. The molecule has 2 rings (SSSR count). The first-order valence-corrected chi connectivity index (χ1v) is 12.5. The molecule has 0 saturated carbocycles. The monoisotopic (exact) mass is 516 g/mol. The van der Waals surface area contributed by atoms with Crippen LogP contribution >= 0.6 is 15.9 Å². The molecular weight excluding hydrogens is 480 g/mol. The first-order valence-electron chi connectivity index (χ1n) is 11.7. The van der Waals surface area contributed by atoms with Crippen molar-refractivity contribution in [1.82, 2.24) is 10.2 Å². The minimum atomic E-state index is -0.567. The van der Waals surface area contributed by atoms with E-state index in [-0.39, 0.29) is 24.5 Å². The molecular formula is C27H37BrN2O3. The Morgan fingerprint density at radius 1 is 1.03 bits per heavy atom. The lowest BCUT2D eigenvalue weighted by Crippen LogP contribution is -2.51. The molecule has 6 heteroatoms. The van der Waals surface area contributed by atoms with Crippen molar-refractivity contribution >= 4 is 27.7 Å². The number of rotatable bonds is 11. The van der Waals surface area contributed by atoms with Crippen molar-refractivity contribution in [1.29, 1.82) is 0 Å². The van der Waals surface area contributed by atoms with Gasteiger partial charge in [0.2, 0.25) is 5.91 Å².